The fourth-order valence-corrected chi connectivity index (χ4v) is 7.82. The van der Waals surface area contributed by atoms with E-state index in [-0.39, 0.29) is 0 Å². The molecule has 0 aliphatic rings. The van der Waals surface area contributed by atoms with Crippen LogP contribution in [0.5, 0.6) is 0 Å². The highest BCUT2D eigenvalue weighted by molar-refractivity contribution is 7.26. The fraction of sp³-hybridized carbons (Fsp3) is 0. The Balaban J connectivity index is 1.20. The molecule has 0 spiro atoms. The SMILES string of the molecule is c1ccc2cc(-c3nc(-c4ccc5c(c4)oc4cc6ccccc6cc45)nc(-c4cccc5c4sc4ccccc45)n3)ccc2c1. The number of fused-ring (bicyclic) bond motifs is 8. The van der Waals surface area contributed by atoms with Crippen molar-refractivity contribution in [3.63, 3.8) is 0 Å². The van der Waals surface area contributed by atoms with Gasteiger partial charge in [-0.1, -0.05) is 97.1 Å². The van der Waals surface area contributed by atoms with Crippen molar-refractivity contribution in [3.8, 4) is 34.2 Å². The van der Waals surface area contributed by atoms with Crippen molar-refractivity contribution in [2.24, 2.45) is 0 Å². The molecule has 46 heavy (non-hydrogen) atoms. The molecule has 3 heterocycles. The van der Waals surface area contributed by atoms with Crippen molar-refractivity contribution in [1.82, 2.24) is 15.0 Å². The zero-order valence-corrected chi connectivity index (χ0v) is 25.3. The maximum Gasteiger partial charge on any atom is 0.165 e. The Morgan fingerprint density at radius 1 is 0.413 bits per heavy atom. The molecule has 0 fully saturated rings. The minimum atomic E-state index is 0.610. The van der Waals surface area contributed by atoms with Crippen LogP contribution in [0.1, 0.15) is 0 Å². The van der Waals surface area contributed by atoms with Gasteiger partial charge in [-0.2, -0.15) is 0 Å². The van der Waals surface area contributed by atoms with Gasteiger partial charge >= 0.3 is 0 Å². The van der Waals surface area contributed by atoms with Crippen molar-refractivity contribution >= 4 is 75.0 Å². The summed E-state index contributed by atoms with van der Waals surface area (Å²) in [6, 6.07) is 48.7. The molecule has 214 valence electrons. The predicted octanol–water partition coefficient (Wildman–Crippen LogP) is 11.4. The Morgan fingerprint density at radius 3 is 1.89 bits per heavy atom. The van der Waals surface area contributed by atoms with Crippen LogP contribution in [0.3, 0.4) is 0 Å². The Bertz CT molecular complexity index is 2830. The van der Waals surface area contributed by atoms with Gasteiger partial charge in [-0.25, -0.2) is 15.0 Å². The van der Waals surface area contributed by atoms with E-state index in [0.717, 1.165) is 49.4 Å². The molecule has 0 radical (unpaired) electrons. The van der Waals surface area contributed by atoms with E-state index < -0.39 is 0 Å². The van der Waals surface area contributed by atoms with Crippen LogP contribution in [0.25, 0.3) is 97.8 Å². The Hall–Kier alpha value is -5.91. The van der Waals surface area contributed by atoms with Gasteiger partial charge in [0, 0.05) is 47.6 Å². The first kappa shape index (κ1) is 25.4. The number of thiophene rings is 1. The van der Waals surface area contributed by atoms with Crippen molar-refractivity contribution in [1.29, 1.82) is 0 Å². The zero-order valence-electron chi connectivity index (χ0n) is 24.4. The number of benzene rings is 7. The first-order valence-corrected chi connectivity index (χ1v) is 16.1. The van der Waals surface area contributed by atoms with Gasteiger partial charge in [0.2, 0.25) is 0 Å². The summed E-state index contributed by atoms with van der Waals surface area (Å²) in [4.78, 5) is 15.3. The lowest BCUT2D eigenvalue weighted by molar-refractivity contribution is 0.669. The first-order valence-electron chi connectivity index (χ1n) is 15.3. The molecule has 3 aromatic heterocycles. The summed E-state index contributed by atoms with van der Waals surface area (Å²) in [6.45, 7) is 0. The third-order valence-corrected chi connectivity index (χ3v) is 10.1. The largest absolute Gasteiger partial charge is 0.456 e. The van der Waals surface area contributed by atoms with E-state index in [1.54, 1.807) is 11.3 Å². The maximum atomic E-state index is 6.42. The molecule has 5 heteroatoms. The highest BCUT2D eigenvalue weighted by Crippen LogP contribution is 2.40. The molecule has 0 saturated heterocycles. The molecule has 4 nitrogen and oxygen atoms in total. The summed E-state index contributed by atoms with van der Waals surface area (Å²) >= 11 is 1.78. The van der Waals surface area contributed by atoms with Crippen LogP contribution in [0.2, 0.25) is 0 Å². The molecule has 10 aromatic rings. The van der Waals surface area contributed by atoms with Gasteiger partial charge in [-0.05, 0) is 64.0 Å². The normalized spacial score (nSPS) is 11.9. The van der Waals surface area contributed by atoms with E-state index in [2.05, 4.69) is 140 Å². The molecule has 0 bridgehead atoms. The van der Waals surface area contributed by atoms with E-state index in [0.29, 0.717) is 17.5 Å². The zero-order chi connectivity index (χ0) is 30.2. The predicted molar refractivity (Wildman–Crippen MR) is 191 cm³/mol. The van der Waals surface area contributed by atoms with Gasteiger partial charge in [0.25, 0.3) is 0 Å². The molecular formula is C41H23N3OS. The monoisotopic (exact) mass is 605 g/mol. The van der Waals surface area contributed by atoms with Gasteiger partial charge < -0.3 is 4.42 Å². The van der Waals surface area contributed by atoms with Gasteiger partial charge in [-0.15, -0.1) is 11.3 Å². The number of aromatic nitrogens is 3. The van der Waals surface area contributed by atoms with Crippen LogP contribution in [0, 0.1) is 0 Å². The molecular weight excluding hydrogens is 583 g/mol. The molecule has 0 N–H and O–H groups in total. The highest BCUT2D eigenvalue weighted by atomic mass is 32.1. The van der Waals surface area contributed by atoms with Gasteiger partial charge in [0.05, 0.1) is 0 Å². The van der Waals surface area contributed by atoms with Gasteiger partial charge in [0.1, 0.15) is 11.2 Å². The highest BCUT2D eigenvalue weighted by Gasteiger charge is 2.18. The average molecular weight is 606 g/mol. The number of hydrogen-bond acceptors (Lipinski definition) is 5. The van der Waals surface area contributed by atoms with E-state index in [1.807, 2.05) is 0 Å². The standard InChI is InChI=1S/C41H23N3OS/c1-2-9-25-20-28(17-16-24(25)8-1)39-42-40(44-41(43-39)33-14-7-13-32-31-12-5-6-15-37(31)46-38(32)33)29-18-19-30-34-21-26-10-3-4-11-27(26)22-36(34)45-35(30)23-29/h1-23H. The molecule has 0 unspecified atom stereocenters. The van der Waals surface area contributed by atoms with Crippen LogP contribution in [-0.2, 0) is 0 Å². The average Bonchev–Trinajstić information content (AvgIpc) is 3.67. The van der Waals surface area contributed by atoms with E-state index in [9.17, 15) is 0 Å². The summed E-state index contributed by atoms with van der Waals surface area (Å²) in [5.41, 5.74) is 4.51. The fourth-order valence-electron chi connectivity index (χ4n) is 6.61. The lowest BCUT2D eigenvalue weighted by Crippen LogP contribution is -2.00. The van der Waals surface area contributed by atoms with Crippen LogP contribution >= 0.6 is 11.3 Å². The summed E-state index contributed by atoms with van der Waals surface area (Å²) in [6.07, 6.45) is 0. The molecule has 0 saturated carbocycles. The second-order valence-electron chi connectivity index (χ2n) is 11.7. The van der Waals surface area contributed by atoms with Crippen LogP contribution in [-0.4, -0.2) is 15.0 Å². The Labute approximate surface area is 267 Å². The van der Waals surface area contributed by atoms with Crippen molar-refractivity contribution in [3.05, 3.63) is 140 Å². The first-order chi connectivity index (χ1) is 22.7. The summed E-state index contributed by atoms with van der Waals surface area (Å²) in [5.74, 6) is 1.90. The topological polar surface area (TPSA) is 51.8 Å². The number of nitrogens with zero attached hydrogens (tertiary/aromatic N) is 3. The van der Waals surface area contributed by atoms with Crippen LogP contribution in [0.4, 0.5) is 0 Å². The van der Waals surface area contributed by atoms with E-state index in [4.69, 9.17) is 19.4 Å². The molecule has 10 rings (SSSR count). The lowest BCUT2D eigenvalue weighted by atomic mass is 10.0. The quantitative estimate of drug-likeness (QED) is 0.201. The molecule has 7 aromatic carbocycles. The smallest absolute Gasteiger partial charge is 0.165 e. The van der Waals surface area contributed by atoms with E-state index in [1.165, 1.54) is 30.9 Å². The maximum absolute atomic E-state index is 6.42. The third kappa shape index (κ3) is 3.96. The van der Waals surface area contributed by atoms with Crippen LogP contribution < -0.4 is 0 Å². The second kappa shape index (κ2) is 9.80. The Kier molecular flexibility index (Phi) is 5.41. The second-order valence-corrected chi connectivity index (χ2v) is 12.7. The lowest BCUT2D eigenvalue weighted by Gasteiger charge is -2.10. The molecule has 0 aliphatic carbocycles. The number of hydrogen-bond donors (Lipinski definition) is 0. The van der Waals surface area contributed by atoms with Gasteiger partial charge in [0.15, 0.2) is 17.5 Å². The Morgan fingerprint density at radius 2 is 1.04 bits per heavy atom. The van der Waals surface area contributed by atoms with Crippen molar-refractivity contribution < 1.29 is 4.42 Å². The summed E-state index contributed by atoms with van der Waals surface area (Å²) < 4.78 is 8.84. The third-order valence-electron chi connectivity index (χ3n) is 8.89. The van der Waals surface area contributed by atoms with Crippen LogP contribution in [0.15, 0.2) is 144 Å². The van der Waals surface area contributed by atoms with Crippen molar-refractivity contribution in [2.75, 3.05) is 0 Å². The minimum absolute atomic E-state index is 0.610. The minimum Gasteiger partial charge on any atom is -0.456 e. The number of furan rings is 1. The van der Waals surface area contributed by atoms with Crippen molar-refractivity contribution in [2.45, 2.75) is 0 Å². The van der Waals surface area contributed by atoms with Gasteiger partial charge in [-0.3, -0.25) is 0 Å². The summed E-state index contributed by atoms with van der Waals surface area (Å²) in [7, 11) is 0. The molecule has 0 aliphatic heterocycles. The molecule has 0 atom stereocenters. The molecule has 0 amide bonds. The van der Waals surface area contributed by atoms with E-state index >= 15 is 0 Å². The number of rotatable bonds is 3. The summed E-state index contributed by atoms with van der Waals surface area (Å²) in [5, 5.41) is 9.31.